The molecule has 0 spiro atoms. The van der Waals surface area contributed by atoms with Crippen LogP contribution in [0, 0.1) is 0 Å². The number of hydrogen-bond donors (Lipinski definition) is 1. The maximum absolute atomic E-state index is 12.8. The van der Waals surface area contributed by atoms with Crippen LogP contribution in [0.25, 0.3) is 0 Å². The summed E-state index contributed by atoms with van der Waals surface area (Å²) in [4.78, 5) is 35.7. The first-order valence-electron chi connectivity index (χ1n) is 30.3. The Morgan fingerprint density at radius 2 is 0.750 bits per heavy atom. The minimum Gasteiger partial charge on any atom is -0.462 e. The minimum absolute atomic E-state index is 0.0178. The molecular weight excluding hydrogens is 966 g/mol. The Bertz CT molecular complexity index is 1700. The fourth-order valence-corrected chi connectivity index (χ4v) is 8.57. The molecule has 2 atom stereocenters. The second-order valence-electron chi connectivity index (χ2n) is 21.0. The number of hydrogen-bond acceptors (Lipinski definition) is 7. The average molecular weight is 1080 g/mol. The van der Waals surface area contributed by atoms with E-state index in [9.17, 15) is 19.0 Å². The Morgan fingerprint density at radius 3 is 1.13 bits per heavy atom. The van der Waals surface area contributed by atoms with Crippen LogP contribution in [0.4, 0.5) is 0 Å². The normalized spacial score (nSPS) is 14.1. The summed E-state index contributed by atoms with van der Waals surface area (Å²) in [5, 5.41) is 0. The molecule has 0 aromatic rings. The smallest absolute Gasteiger partial charge is 0.462 e. The molecule has 434 valence electrons. The van der Waals surface area contributed by atoms with Crippen molar-refractivity contribution in [3.05, 3.63) is 122 Å². The molecule has 0 rings (SSSR count). The van der Waals surface area contributed by atoms with E-state index in [0.717, 1.165) is 96.3 Å². The van der Waals surface area contributed by atoms with E-state index in [2.05, 4.69) is 135 Å². The van der Waals surface area contributed by atoms with Gasteiger partial charge in [0, 0.05) is 12.8 Å². The standard InChI is InChI=1S/C66H112NO8P/c1-6-8-10-12-14-16-18-20-22-24-26-28-30-32-33-35-36-38-40-42-44-46-48-50-52-54-56-58-65(68)72-62-64(63-74-76(70,71)73-61-60-67(3,4)5)75-66(69)59-57-55-53-51-49-47-45-43-41-39-37-34-31-29-27-25-23-21-19-17-15-13-11-9-7-2/h9,11,15,17-18,20-21,23-24,26-27,29-30,32,34,37,41,43,47,49,64H,6-8,10,12-14,16,19,22,25,28,31,33,35-36,38-40,42,44-46,48,50-63H2,1-5H3/p+1/b11-9-,17-15-,20-18-,23-21-,26-24-,29-27-,32-30-,37-34-,43-41-,49-47-. The molecular formula is C66H113NO8P+. The van der Waals surface area contributed by atoms with Crippen LogP contribution in [0.3, 0.4) is 0 Å². The number of esters is 2. The molecule has 0 radical (unpaired) electrons. The van der Waals surface area contributed by atoms with E-state index in [-0.39, 0.29) is 32.0 Å². The lowest BCUT2D eigenvalue weighted by atomic mass is 10.0. The van der Waals surface area contributed by atoms with E-state index in [0.29, 0.717) is 17.4 Å². The van der Waals surface area contributed by atoms with Gasteiger partial charge in [-0.2, -0.15) is 0 Å². The number of quaternary nitrogens is 1. The van der Waals surface area contributed by atoms with Gasteiger partial charge in [0.05, 0.1) is 27.7 Å². The van der Waals surface area contributed by atoms with Crippen LogP contribution in [0.15, 0.2) is 122 Å². The molecule has 0 aromatic carbocycles. The van der Waals surface area contributed by atoms with Crippen molar-refractivity contribution in [3.63, 3.8) is 0 Å². The zero-order chi connectivity index (χ0) is 55.6. The van der Waals surface area contributed by atoms with Crippen LogP contribution in [0.5, 0.6) is 0 Å². The predicted molar refractivity (Wildman–Crippen MR) is 325 cm³/mol. The van der Waals surface area contributed by atoms with Gasteiger partial charge in [0.15, 0.2) is 6.10 Å². The lowest BCUT2D eigenvalue weighted by molar-refractivity contribution is -0.870. The van der Waals surface area contributed by atoms with E-state index >= 15 is 0 Å². The largest absolute Gasteiger partial charge is 0.472 e. The van der Waals surface area contributed by atoms with Gasteiger partial charge in [0.2, 0.25) is 0 Å². The first-order valence-corrected chi connectivity index (χ1v) is 31.8. The third-order valence-electron chi connectivity index (χ3n) is 12.5. The highest BCUT2D eigenvalue weighted by Gasteiger charge is 2.27. The monoisotopic (exact) mass is 1080 g/mol. The number of unbranched alkanes of at least 4 members (excludes halogenated alkanes) is 20. The van der Waals surface area contributed by atoms with E-state index < -0.39 is 26.5 Å². The summed E-state index contributed by atoms with van der Waals surface area (Å²) in [7, 11) is 1.44. The number of phosphoric acid groups is 1. The number of phosphoric ester groups is 1. The molecule has 0 aromatic heterocycles. The van der Waals surface area contributed by atoms with Gasteiger partial charge in [0.25, 0.3) is 0 Å². The topological polar surface area (TPSA) is 108 Å². The third kappa shape index (κ3) is 59.7. The van der Waals surface area contributed by atoms with Gasteiger partial charge in [-0.15, -0.1) is 0 Å². The van der Waals surface area contributed by atoms with Crippen molar-refractivity contribution in [2.45, 2.75) is 238 Å². The Balaban J connectivity index is 4.25. The lowest BCUT2D eigenvalue weighted by Crippen LogP contribution is -2.37. The summed E-state index contributed by atoms with van der Waals surface area (Å²) >= 11 is 0. The molecule has 0 aliphatic rings. The number of ether oxygens (including phenoxy) is 2. The van der Waals surface area contributed by atoms with Gasteiger partial charge < -0.3 is 18.9 Å². The van der Waals surface area contributed by atoms with E-state index in [4.69, 9.17) is 18.5 Å². The molecule has 76 heavy (non-hydrogen) atoms. The molecule has 0 saturated heterocycles. The lowest BCUT2D eigenvalue weighted by Gasteiger charge is -2.24. The predicted octanol–water partition coefficient (Wildman–Crippen LogP) is 19.1. The fraction of sp³-hybridized carbons (Fsp3) is 0.667. The van der Waals surface area contributed by atoms with Crippen molar-refractivity contribution >= 4 is 19.8 Å². The zero-order valence-corrected chi connectivity index (χ0v) is 50.1. The quantitative estimate of drug-likeness (QED) is 0.0211. The van der Waals surface area contributed by atoms with Crippen molar-refractivity contribution in [1.29, 1.82) is 0 Å². The second kappa shape index (κ2) is 56.1. The maximum atomic E-state index is 12.8. The van der Waals surface area contributed by atoms with Crippen LogP contribution < -0.4 is 0 Å². The summed E-state index contributed by atoms with van der Waals surface area (Å²) in [5.41, 5.74) is 0. The number of nitrogens with zero attached hydrogens (tertiary/aromatic N) is 1. The van der Waals surface area contributed by atoms with Gasteiger partial charge in [0.1, 0.15) is 19.8 Å². The van der Waals surface area contributed by atoms with Gasteiger partial charge in [-0.3, -0.25) is 18.6 Å². The molecule has 2 unspecified atom stereocenters. The summed E-state index contributed by atoms with van der Waals surface area (Å²) in [6.45, 7) is 4.26. The van der Waals surface area contributed by atoms with E-state index in [1.807, 2.05) is 21.1 Å². The highest BCUT2D eigenvalue weighted by atomic mass is 31.2. The molecule has 10 heteroatoms. The summed E-state index contributed by atoms with van der Waals surface area (Å²) in [6.07, 6.45) is 79.8. The van der Waals surface area contributed by atoms with E-state index in [1.54, 1.807) is 0 Å². The SMILES string of the molecule is CC/C=C\C/C=C\C/C=C\C/C=C\C/C=C\C/C=C\C/C=C\CCCCCC(=O)OC(COC(=O)CCCCCCCCCCCCCC/C=C\C/C=C\C/C=C\CCCCCCC)COP(=O)(O)OCC[N+](C)(C)C. The van der Waals surface area contributed by atoms with Crippen molar-refractivity contribution in [2.24, 2.45) is 0 Å². The van der Waals surface area contributed by atoms with Crippen LogP contribution in [0.1, 0.15) is 232 Å². The minimum atomic E-state index is -4.41. The maximum Gasteiger partial charge on any atom is 0.472 e. The van der Waals surface area contributed by atoms with Crippen LogP contribution in [0.2, 0.25) is 0 Å². The molecule has 1 N–H and O–H groups in total. The van der Waals surface area contributed by atoms with Gasteiger partial charge in [-0.1, -0.05) is 232 Å². The first-order chi connectivity index (χ1) is 37.0. The highest BCUT2D eigenvalue weighted by Crippen LogP contribution is 2.43. The Morgan fingerprint density at radius 1 is 0.421 bits per heavy atom. The highest BCUT2D eigenvalue weighted by molar-refractivity contribution is 7.47. The van der Waals surface area contributed by atoms with Crippen molar-refractivity contribution in [3.8, 4) is 0 Å². The van der Waals surface area contributed by atoms with Crippen molar-refractivity contribution in [2.75, 3.05) is 47.5 Å². The summed E-state index contributed by atoms with van der Waals surface area (Å²) in [6, 6.07) is 0. The molecule has 9 nitrogen and oxygen atoms in total. The Hall–Kier alpha value is -3.59. The zero-order valence-electron chi connectivity index (χ0n) is 49.2. The Kier molecular flexibility index (Phi) is 53.5. The molecule has 0 saturated carbocycles. The molecule has 0 fully saturated rings. The number of allylic oxidation sites excluding steroid dienone is 20. The molecule has 0 heterocycles. The summed E-state index contributed by atoms with van der Waals surface area (Å²) in [5.74, 6) is -0.844. The Labute approximate surface area is 467 Å². The molecule has 0 amide bonds. The second-order valence-corrected chi connectivity index (χ2v) is 22.5. The first kappa shape index (κ1) is 72.4. The summed E-state index contributed by atoms with van der Waals surface area (Å²) < 4.78 is 34.6. The number of rotatable bonds is 54. The van der Waals surface area contributed by atoms with Gasteiger partial charge in [-0.05, 0) is 109 Å². The van der Waals surface area contributed by atoms with Crippen molar-refractivity contribution in [1.82, 2.24) is 0 Å². The van der Waals surface area contributed by atoms with Gasteiger partial charge >= 0.3 is 19.8 Å². The third-order valence-corrected chi connectivity index (χ3v) is 13.5. The number of carbonyl (C=O) groups is 2. The number of carbonyl (C=O) groups excluding carboxylic acids is 2. The fourth-order valence-electron chi connectivity index (χ4n) is 7.83. The van der Waals surface area contributed by atoms with Gasteiger partial charge in [-0.25, -0.2) is 4.57 Å². The van der Waals surface area contributed by atoms with E-state index in [1.165, 1.54) is 103 Å². The number of likely N-dealkylation sites (N-methyl/N-ethyl adjacent to an activating group) is 1. The molecule has 0 aliphatic carbocycles. The molecule has 0 bridgehead atoms. The average Bonchev–Trinajstić information content (AvgIpc) is 3.38. The molecule has 0 aliphatic heterocycles. The van der Waals surface area contributed by atoms with Crippen LogP contribution >= 0.6 is 7.82 Å². The van der Waals surface area contributed by atoms with Crippen molar-refractivity contribution < 1.29 is 42.1 Å². The van der Waals surface area contributed by atoms with Crippen LogP contribution in [-0.2, 0) is 32.7 Å². The van der Waals surface area contributed by atoms with Crippen LogP contribution in [-0.4, -0.2) is 74.9 Å².